The van der Waals surface area contributed by atoms with Gasteiger partial charge in [0.25, 0.3) is 5.91 Å². The number of rotatable bonds is 9. The van der Waals surface area contributed by atoms with Crippen LogP contribution in [0.1, 0.15) is 27.0 Å². The first-order chi connectivity index (χ1) is 16.0. The lowest BCUT2D eigenvalue weighted by atomic mass is 10.1. The predicted octanol–water partition coefficient (Wildman–Crippen LogP) is 4.08. The summed E-state index contributed by atoms with van der Waals surface area (Å²) in [5, 5.41) is 17.1. The molecular weight excluding hydrogens is 418 g/mol. The molecule has 0 heterocycles. The average Bonchev–Trinajstić information content (AvgIpc) is 2.82. The first kappa shape index (κ1) is 23.3. The monoisotopic (exact) mass is 443 g/mol. The Bertz CT molecular complexity index is 1140. The highest BCUT2D eigenvalue weighted by molar-refractivity contribution is 5.96. The first-order valence-electron chi connectivity index (χ1n) is 10.5. The van der Waals surface area contributed by atoms with Crippen LogP contribution in [0, 0.1) is 0 Å². The third-order valence-corrected chi connectivity index (χ3v) is 4.75. The summed E-state index contributed by atoms with van der Waals surface area (Å²) in [6, 6.07) is 23.4. The van der Waals surface area contributed by atoms with Gasteiger partial charge < -0.3 is 21.1 Å². The van der Waals surface area contributed by atoms with Crippen LogP contribution in [0.25, 0.3) is 6.08 Å². The number of benzene rings is 3. The Hall–Kier alpha value is -4.39. The molecule has 0 spiro atoms. The van der Waals surface area contributed by atoms with E-state index in [1.807, 2.05) is 54.6 Å². The molecule has 3 amide bonds. The van der Waals surface area contributed by atoms with Gasteiger partial charge in [0, 0.05) is 30.4 Å². The summed E-state index contributed by atoms with van der Waals surface area (Å²) in [7, 11) is 0. The second-order valence-electron chi connectivity index (χ2n) is 7.30. The Labute approximate surface area is 192 Å². The standard InChI is InChI=1S/C26H25N3O4/c30-24(31)13-12-19-8-4-9-20(16-19)14-15-27-25(32)22-10-5-11-23(17-22)29-26(33)28-18-21-6-2-1-3-7-21/h1-13,16-17H,14-15,18H2,(H,27,32)(H,30,31)(H2,28,29,33). The van der Waals surface area contributed by atoms with E-state index in [4.69, 9.17) is 5.11 Å². The Balaban J connectivity index is 1.48. The highest BCUT2D eigenvalue weighted by Gasteiger charge is 2.08. The van der Waals surface area contributed by atoms with Gasteiger partial charge in [0.05, 0.1) is 0 Å². The molecule has 0 aliphatic carbocycles. The number of urea groups is 1. The lowest BCUT2D eigenvalue weighted by Crippen LogP contribution is -2.28. The van der Waals surface area contributed by atoms with Crippen LogP contribution >= 0.6 is 0 Å². The van der Waals surface area contributed by atoms with Gasteiger partial charge in [-0.25, -0.2) is 9.59 Å². The van der Waals surface area contributed by atoms with Crippen molar-refractivity contribution in [2.24, 2.45) is 0 Å². The Kier molecular flexibility index (Phi) is 8.36. The highest BCUT2D eigenvalue weighted by atomic mass is 16.4. The van der Waals surface area contributed by atoms with Crippen molar-refractivity contribution >= 4 is 29.7 Å². The number of hydrogen-bond acceptors (Lipinski definition) is 3. The molecule has 0 atom stereocenters. The highest BCUT2D eigenvalue weighted by Crippen LogP contribution is 2.11. The number of anilines is 1. The van der Waals surface area contributed by atoms with Gasteiger partial charge in [-0.3, -0.25) is 4.79 Å². The summed E-state index contributed by atoms with van der Waals surface area (Å²) in [5.74, 6) is -1.25. The molecule has 0 fully saturated rings. The molecule has 3 aromatic carbocycles. The smallest absolute Gasteiger partial charge is 0.328 e. The lowest BCUT2D eigenvalue weighted by molar-refractivity contribution is -0.131. The van der Waals surface area contributed by atoms with Gasteiger partial charge in [-0.15, -0.1) is 0 Å². The van der Waals surface area contributed by atoms with E-state index in [9.17, 15) is 14.4 Å². The van der Waals surface area contributed by atoms with E-state index in [-0.39, 0.29) is 11.9 Å². The summed E-state index contributed by atoms with van der Waals surface area (Å²) >= 11 is 0. The minimum Gasteiger partial charge on any atom is -0.478 e. The molecule has 0 radical (unpaired) electrons. The summed E-state index contributed by atoms with van der Waals surface area (Å²) in [6.45, 7) is 0.820. The molecule has 3 aromatic rings. The minimum absolute atomic E-state index is 0.245. The maximum absolute atomic E-state index is 12.5. The van der Waals surface area contributed by atoms with Gasteiger partial charge >= 0.3 is 12.0 Å². The van der Waals surface area contributed by atoms with Crippen molar-refractivity contribution in [1.29, 1.82) is 0 Å². The Morgan fingerprint density at radius 3 is 2.36 bits per heavy atom. The third-order valence-electron chi connectivity index (χ3n) is 4.75. The Morgan fingerprint density at radius 1 is 0.818 bits per heavy atom. The van der Waals surface area contributed by atoms with Gasteiger partial charge in [0.1, 0.15) is 0 Å². The normalized spacial score (nSPS) is 10.5. The molecule has 0 saturated carbocycles. The van der Waals surface area contributed by atoms with Gasteiger partial charge in [0.15, 0.2) is 0 Å². The van der Waals surface area contributed by atoms with Crippen LogP contribution in [0.2, 0.25) is 0 Å². The fourth-order valence-electron chi connectivity index (χ4n) is 3.13. The number of carbonyl (C=O) groups excluding carboxylic acids is 2. The van der Waals surface area contributed by atoms with Crippen molar-refractivity contribution < 1.29 is 19.5 Å². The zero-order valence-electron chi connectivity index (χ0n) is 18.0. The molecule has 33 heavy (non-hydrogen) atoms. The van der Waals surface area contributed by atoms with Crippen molar-refractivity contribution in [3.05, 3.63) is 107 Å². The van der Waals surface area contributed by atoms with Crippen LogP contribution in [-0.2, 0) is 17.8 Å². The van der Waals surface area contributed by atoms with Gasteiger partial charge in [-0.2, -0.15) is 0 Å². The number of nitrogens with one attached hydrogen (secondary N) is 3. The molecule has 3 rings (SSSR count). The van der Waals surface area contributed by atoms with E-state index in [2.05, 4.69) is 16.0 Å². The van der Waals surface area contributed by atoms with E-state index < -0.39 is 5.97 Å². The summed E-state index contributed by atoms with van der Waals surface area (Å²) in [4.78, 5) is 35.3. The number of carboxylic acid groups (broad SMARTS) is 1. The SMILES string of the molecule is O=C(O)C=Cc1cccc(CCNC(=O)c2cccc(NC(=O)NCc3ccccc3)c2)c1. The molecule has 0 unspecified atom stereocenters. The molecule has 0 aliphatic heterocycles. The molecule has 0 bridgehead atoms. The van der Waals surface area contributed by atoms with E-state index in [1.165, 1.54) is 6.08 Å². The number of hydrogen-bond donors (Lipinski definition) is 4. The van der Waals surface area contributed by atoms with Gasteiger partial charge in [0.2, 0.25) is 0 Å². The molecule has 4 N–H and O–H groups in total. The molecule has 168 valence electrons. The molecule has 7 nitrogen and oxygen atoms in total. The Morgan fingerprint density at radius 2 is 1.58 bits per heavy atom. The van der Waals surface area contributed by atoms with E-state index in [1.54, 1.807) is 24.3 Å². The van der Waals surface area contributed by atoms with Crippen molar-refractivity contribution in [2.45, 2.75) is 13.0 Å². The predicted molar refractivity (Wildman–Crippen MR) is 128 cm³/mol. The van der Waals surface area contributed by atoms with E-state index in [0.717, 1.165) is 22.8 Å². The average molecular weight is 444 g/mol. The fraction of sp³-hybridized carbons (Fsp3) is 0.115. The molecule has 0 aliphatic rings. The zero-order chi connectivity index (χ0) is 23.5. The summed E-state index contributed by atoms with van der Waals surface area (Å²) in [5.41, 5.74) is 3.71. The fourth-order valence-corrected chi connectivity index (χ4v) is 3.13. The van der Waals surface area contributed by atoms with Crippen LogP contribution in [-0.4, -0.2) is 29.6 Å². The van der Waals surface area contributed by atoms with Crippen LogP contribution in [0.15, 0.2) is 84.9 Å². The van der Waals surface area contributed by atoms with Gasteiger partial charge in [-0.1, -0.05) is 60.7 Å². The third kappa shape index (κ3) is 7.99. The number of aliphatic carboxylic acids is 1. The van der Waals surface area contributed by atoms with E-state index >= 15 is 0 Å². The minimum atomic E-state index is -1.00. The molecule has 0 saturated heterocycles. The first-order valence-corrected chi connectivity index (χ1v) is 10.5. The second-order valence-corrected chi connectivity index (χ2v) is 7.30. The molecule has 7 heteroatoms. The number of carboxylic acids is 1. The lowest BCUT2D eigenvalue weighted by Gasteiger charge is -2.10. The summed E-state index contributed by atoms with van der Waals surface area (Å²) in [6.07, 6.45) is 3.21. The van der Waals surface area contributed by atoms with Crippen molar-refractivity contribution in [2.75, 3.05) is 11.9 Å². The van der Waals surface area contributed by atoms with Crippen LogP contribution < -0.4 is 16.0 Å². The number of carbonyl (C=O) groups is 3. The van der Waals surface area contributed by atoms with E-state index in [0.29, 0.717) is 30.8 Å². The quantitative estimate of drug-likeness (QED) is 0.374. The second kappa shape index (κ2) is 11.9. The van der Waals surface area contributed by atoms with Crippen LogP contribution in [0.4, 0.5) is 10.5 Å². The van der Waals surface area contributed by atoms with Crippen molar-refractivity contribution in [1.82, 2.24) is 10.6 Å². The summed E-state index contributed by atoms with van der Waals surface area (Å²) < 4.78 is 0. The molecule has 0 aromatic heterocycles. The van der Waals surface area contributed by atoms with Crippen LogP contribution in [0.5, 0.6) is 0 Å². The van der Waals surface area contributed by atoms with Crippen molar-refractivity contribution in [3.63, 3.8) is 0 Å². The topological polar surface area (TPSA) is 108 Å². The molecular formula is C26H25N3O4. The zero-order valence-corrected chi connectivity index (χ0v) is 18.0. The maximum atomic E-state index is 12.5. The van der Waals surface area contributed by atoms with Gasteiger partial charge in [-0.05, 0) is 47.4 Å². The number of amides is 3. The maximum Gasteiger partial charge on any atom is 0.328 e. The van der Waals surface area contributed by atoms with Crippen molar-refractivity contribution in [3.8, 4) is 0 Å². The largest absolute Gasteiger partial charge is 0.478 e. The van der Waals surface area contributed by atoms with Crippen LogP contribution in [0.3, 0.4) is 0 Å².